The van der Waals surface area contributed by atoms with Crippen LogP contribution in [0.3, 0.4) is 0 Å². The molecule has 1 saturated carbocycles. The normalized spacial score (nSPS) is 24.7. The molecule has 0 radical (unpaired) electrons. The molecule has 1 atom stereocenters. The van der Waals surface area contributed by atoms with Crippen molar-refractivity contribution in [2.45, 2.75) is 77.0 Å². The number of piperidine rings is 1. The standard InChI is InChI=1S/C29H38N6O4/c1-27(2)18-39-26(38)35(27)23-9-8-19(24(32-23)33-16-13-29(11-12-29)14-17-33)25(37)31-21-6-5-7-22(30-21)34-15-10-20(36)28(34,3)4/h5-9,20,36H,10-18H2,1-4H3,(H,30,31,37)/t20-/m0/s1. The maximum absolute atomic E-state index is 13.7. The van der Waals surface area contributed by atoms with E-state index in [1.165, 1.54) is 12.8 Å². The molecule has 2 aromatic rings. The van der Waals surface area contributed by atoms with Gasteiger partial charge in [-0.2, -0.15) is 0 Å². The van der Waals surface area contributed by atoms with Gasteiger partial charge in [0.25, 0.3) is 5.91 Å². The lowest BCUT2D eigenvalue weighted by atomic mass is 9.93. The molecule has 1 spiro atoms. The summed E-state index contributed by atoms with van der Waals surface area (Å²) in [4.78, 5) is 41.7. The number of hydrogen-bond donors (Lipinski definition) is 2. The minimum Gasteiger partial charge on any atom is -0.447 e. The molecule has 2 aromatic heterocycles. The summed E-state index contributed by atoms with van der Waals surface area (Å²) in [5.74, 6) is 1.91. The number of aromatic nitrogens is 2. The van der Waals surface area contributed by atoms with Crippen molar-refractivity contribution < 1.29 is 19.4 Å². The SMILES string of the molecule is CC1(C)COC(=O)N1c1ccc(C(=O)Nc2cccc(N3CC[C@H](O)C3(C)C)n2)c(N2CCC3(CC2)CC3)n1. The molecule has 3 saturated heterocycles. The molecule has 4 aliphatic rings. The first-order valence-electron chi connectivity index (χ1n) is 14.0. The Hall–Kier alpha value is -3.40. The van der Waals surface area contributed by atoms with Crippen molar-refractivity contribution in [2.75, 3.05) is 46.3 Å². The molecule has 1 aliphatic carbocycles. The molecule has 39 heavy (non-hydrogen) atoms. The van der Waals surface area contributed by atoms with Crippen LogP contribution in [-0.4, -0.2) is 70.5 Å². The fourth-order valence-corrected chi connectivity index (χ4v) is 6.18. The number of amides is 2. The molecule has 0 bridgehead atoms. The summed E-state index contributed by atoms with van der Waals surface area (Å²) < 4.78 is 5.31. The molecule has 2 amide bonds. The molecule has 10 heteroatoms. The number of carbonyl (C=O) groups is 2. The van der Waals surface area contributed by atoms with E-state index in [0.29, 0.717) is 47.2 Å². The smallest absolute Gasteiger partial charge is 0.416 e. The largest absolute Gasteiger partial charge is 0.447 e. The van der Waals surface area contributed by atoms with Crippen LogP contribution in [0.4, 0.5) is 28.1 Å². The summed E-state index contributed by atoms with van der Waals surface area (Å²) in [5.41, 5.74) is -0.0643. The van der Waals surface area contributed by atoms with E-state index in [2.05, 4.69) is 15.1 Å². The van der Waals surface area contributed by atoms with Crippen LogP contribution in [0.25, 0.3) is 0 Å². The number of aliphatic hydroxyl groups excluding tert-OH is 1. The molecule has 208 valence electrons. The van der Waals surface area contributed by atoms with E-state index in [0.717, 1.165) is 25.9 Å². The summed E-state index contributed by atoms with van der Waals surface area (Å²) in [6, 6.07) is 9.00. The highest BCUT2D eigenvalue weighted by Gasteiger charge is 2.46. The molecule has 0 unspecified atom stereocenters. The van der Waals surface area contributed by atoms with E-state index < -0.39 is 23.3 Å². The van der Waals surface area contributed by atoms with Crippen LogP contribution < -0.4 is 20.0 Å². The van der Waals surface area contributed by atoms with Gasteiger partial charge in [-0.25, -0.2) is 14.8 Å². The maximum Gasteiger partial charge on any atom is 0.416 e. The molecule has 10 nitrogen and oxygen atoms in total. The van der Waals surface area contributed by atoms with Gasteiger partial charge in [0.05, 0.1) is 22.7 Å². The zero-order chi connectivity index (χ0) is 27.6. The average molecular weight is 535 g/mol. The van der Waals surface area contributed by atoms with Crippen molar-refractivity contribution >= 4 is 35.3 Å². The van der Waals surface area contributed by atoms with Crippen molar-refractivity contribution in [2.24, 2.45) is 5.41 Å². The second-order valence-electron chi connectivity index (χ2n) is 12.7. The number of pyridine rings is 2. The summed E-state index contributed by atoms with van der Waals surface area (Å²) in [6.45, 7) is 10.5. The second kappa shape index (κ2) is 9.08. The third-order valence-corrected chi connectivity index (χ3v) is 9.14. The van der Waals surface area contributed by atoms with Crippen LogP contribution in [0, 0.1) is 5.41 Å². The van der Waals surface area contributed by atoms with Gasteiger partial charge in [-0.15, -0.1) is 0 Å². The van der Waals surface area contributed by atoms with Crippen molar-refractivity contribution in [3.8, 4) is 0 Å². The molecule has 4 fully saturated rings. The van der Waals surface area contributed by atoms with E-state index in [9.17, 15) is 14.7 Å². The number of cyclic esters (lactones) is 1. The Labute approximate surface area is 229 Å². The fraction of sp³-hybridized carbons (Fsp3) is 0.586. The van der Waals surface area contributed by atoms with Gasteiger partial charge in [0.2, 0.25) is 0 Å². The van der Waals surface area contributed by atoms with E-state index in [4.69, 9.17) is 14.7 Å². The Kier molecular flexibility index (Phi) is 6.02. The summed E-state index contributed by atoms with van der Waals surface area (Å²) in [6.07, 6.45) is 4.52. The van der Waals surface area contributed by atoms with Gasteiger partial charge in [0.15, 0.2) is 0 Å². The van der Waals surface area contributed by atoms with Gasteiger partial charge in [0.1, 0.15) is 29.9 Å². The van der Waals surface area contributed by atoms with Gasteiger partial charge < -0.3 is 25.0 Å². The van der Waals surface area contributed by atoms with Gasteiger partial charge in [-0.1, -0.05) is 6.07 Å². The minimum absolute atomic E-state index is 0.282. The Morgan fingerprint density at radius 3 is 2.36 bits per heavy atom. The topological polar surface area (TPSA) is 111 Å². The quantitative estimate of drug-likeness (QED) is 0.587. The van der Waals surface area contributed by atoms with Crippen molar-refractivity contribution in [1.29, 1.82) is 0 Å². The van der Waals surface area contributed by atoms with Crippen LogP contribution in [0.15, 0.2) is 30.3 Å². The number of ether oxygens (including phenoxy) is 1. The fourth-order valence-electron chi connectivity index (χ4n) is 6.18. The van der Waals surface area contributed by atoms with Crippen LogP contribution >= 0.6 is 0 Å². The number of nitrogens with zero attached hydrogens (tertiary/aromatic N) is 5. The monoisotopic (exact) mass is 534 g/mol. The first kappa shape index (κ1) is 25.9. The van der Waals surface area contributed by atoms with Crippen molar-refractivity contribution in [1.82, 2.24) is 9.97 Å². The third kappa shape index (κ3) is 4.58. The highest BCUT2D eigenvalue weighted by Crippen LogP contribution is 2.54. The number of anilines is 4. The first-order valence-corrected chi connectivity index (χ1v) is 14.0. The van der Waals surface area contributed by atoms with E-state index in [1.807, 2.05) is 39.8 Å². The predicted octanol–water partition coefficient (Wildman–Crippen LogP) is 4.19. The van der Waals surface area contributed by atoms with Crippen LogP contribution in [0.5, 0.6) is 0 Å². The highest BCUT2D eigenvalue weighted by molar-refractivity contribution is 6.07. The van der Waals surface area contributed by atoms with Crippen LogP contribution in [0.1, 0.15) is 70.2 Å². The summed E-state index contributed by atoms with van der Waals surface area (Å²) in [5, 5.41) is 13.4. The third-order valence-electron chi connectivity index (χ3n) is 9.14. The average Bonchev–Trinajstić information content (AvgIpc) is 3.51. The maximum atomic E-state index is 13.7. The van der Waals surface area contributed by atoms with Gasteiger partial charge >= 0.3 is 6.09 Å². The number of nitrogens with one attached hydrogen (secondary N) is 1. The van der Waals surface area contributed by atoms with Crippen molar-refractivity contribution in [3.05, 3.63) is 35.9 Å². The number of aliphatic hydroxyl groups is 1. The van der Waals surface area contributed by atoms with E-state index >= 15 is 0 Å². The minimum atomic E-state index is -0.535. The lowest BCUT2D eigenvalue weighted by Crippen LogP contribution is -2.45. The van der Waals surface area contributed by atoms with Gasteiger partial charge in [-0.3, -0.25) is 9.69 Å². The van der Waals surface area contributed by atoms with Crippen LogP contribution in [-0.2, 0) is 4.74 Å². The number of carbonyl (C=O) groups excluding carboxylic acids is 2. The molecule has 3 aliphatic heterocycles. The summed E-state index contributed by atoms with van der Waals surface area (Å²) in [7, 11) is 0. The highest BCUT2D eigenvalue weighted by atomic mass is 16.6. The van der Waals surface area contributed by atoms with E-state index in [-0.39, 0.29) is 12.5 Å². The van der Waals surface area contributed by atoms with Gasteiger partial charge in [-0.05, 0) is 89.5 Å². The Morgan fingerprint density at radius 1 is 1.00 bits per heavy atom. The summed E-state index contributed by atoms with van der Waals surface area (Å²) >= 11 is 0. The Bertz CT molecular complexity index is 1300. The molecular formula is C29H38N6O4. The Morgan fingerprint density at radius 2 is 1.74 bits per heavy atom. The molecule has 5 heterocycles. The molecular weight excluding hydrogens is 496 g/mol. The lowest BCUT2D eigenvalue weighted by molar-refractivity contribution is 0.102. The predicted molar refractivity (Wildman–Crippen MR) is 149 cm³/mol. The van der Waals surface area contributed by atoms with Crippen LogP contribution in [0.2, 0.25) is 0 Å². The number of hydrogen-bond acceptors (Lipinski definition) is 8. The lowest BCUT2D eigenvalue weighted by Gasteiger charge is -2.35. The zero-order valence-corrected chi connectivity index (χ0v) is 23.2. The van der Waals surface area contributed by atoms with E-state index in [1.54, 1.807) is 23.1 Å². The zero-order valence-electron chi connectivity index (χ0n) is 23.2. The first-order chi connectivity index (χ1) is 18.5. The second-order valence-corrected chi connectivity index (χ2v) is 12.7. The van der Waals surface area contributed by atoms with Crippen molar-refractivity contribution in [3.63, 3.8) is 0 Å². The number of rotatable bonds is 5. The van der Waals surface area contributed by atoms with Gasteiger partial charge in [0, 0.05) is 19.6 Å². The Balaban J connectivity index is 1.29. The molecule has 6 rings (SSSR count). The molecule has 0 aromatic carbocycles. The molecule has 2 N–H and O–H groups in total.